The minimum atomic E-state index is -1.01. The number of imidazole rings is 1. The number of amides is 1. The second kappa shape index (κ2) is 11.7. The highest BCUT2D eigenvalue weighted by molar-refractivity contribution is 9.10. The number of nitrogens with one attached hydrogen (secondary N) is 1. The molecular weight excluding hydrogens is 626 g/mol. The van der Waals surface area contributed by atoms with Crippen molar-refractivity contribution in [3.8, 4) is 22.7 Å². The van der Waals surface area contributed by atoms with Crippen molar-refractivity contribution in [1.29, 1.82) is 0 Å². The summed E-state index contributed by atoms with van der Waals surface area (Å²) in [5.74, 6) is 0.425. The summed E-state index contributed by atoms with van der Waals surface area (Å²) in [4.78, 5) is 31.5. The maximum atomic E-state index is 13.7. The summed E-state index contributed by atoms with van der Waals surface area (Å²) in [7, 11) is 0. The van der Waals surface area contributed by atoms with Crippen LogP contribution < -0.4 is 0 Å². The number of aromatic amines is 1. The van der Waals surface area contributed by atoms with E-state index in [0.29, 0.717) is 55.3 Å². The van der Waals surface area contributed by atoms with Gasteiger partial charge in [-0.05, 0) is 63.3 Å². The Kier molecular flexibility index (Phi) is 7.82. The Labute approximate surface area is 254 Å². The fourth-order valence-corrected chi connectivity index (χ4v) is 6.38. The third-order valence-corrected chi connectivity index (χ3v) is 8.61. The zero-order chi connectivity index (χ0) is 29.4. The van der Waals surface area contributed by atoms with Crippen LogP contribution in [0.5, 0.6) is 0 Å². The second-order valence-electron chi connectivity index (χ2n) is 10.2. The molecule has 216 valence electrons. The minimum Gasteiger partial charge on any atom is -0.480 e. The molecule has 4 heterocycles. The van der Waals surface area contributed by atoms with Crippen LogP contribution in [-0.2, 0) is 17.8 Å². The molecule has 1 atom stereocenters. The molecule has 1 saturated heterocycles. The Balaban J connectivity index is 1.39. The van der Waals surface area contributed by atoms with Gasteiger partial charge in [-0.15, -0.1) is 5.10 Å². The standard InChI is InChI=1S/C29H27BrClN7O4/c1-2-3-10-22-32-26(31)24(28(39)37-13-6-9-20(37)29(40)41)38(22)15-16-11-12-21-19(14-16)23(30)25(42-21)17-7-4-5-8-18(17)27-33-35-36-34-27/h4-5,7-8,11-12,14,20H,2-3,6,9-10,13,15H2,1H3,(H,40,41)(H,33,34,35,36)/t20-/m0/s1. The summed E-state index contributed by atoms with van der Waals surface area (Å²) in [5, 5.41) is 24.9. The molecule has 5 aromatic rings. The number of unbranched alkanes of at least 4 members (excludes halogenated alkanes) is 1. The second-order valence-corrected chi connectivity index (χ2v) is 11.4. The predicted octanol–water partition coefficient (Wildman–Crippen LogP) is 5.97. The van der Waals surface area contributed by atoms with Crippen molar-refractivity contribution in [3.63, 3.8) is 0 Å². The van der Waals surface area contributed by atoms with Gasteiger partial charge in [0.25, 0.3) is 5.91 Å². The number of carboxylic acid groups (broad SMARTS) is 1. The fraction of sp³-hybridized carbons (Fsp3) is 0.310. The number of aryl methyl sites for hydroxylation is 1. The molecule has 0 unspecified atom stereocenters. The molecule has 13 heteroatoms. The van der Waals surface area contributed by atoms with Crippen molar-refractivity contribution in [2.24, 2.45) is 0 Å². The average molecular weight is 653 g/mol. The maximum absolute atomic E-state index is 13.7. The molecule has 42 heavy (non-hydrogen) atoms. The summed E-state index contributed by atoms with van der Waals surface area (Å²) >= 11 is 10.3. The van der Waals surface area contributed by atoms with Gasteiger partial charge in [-0.25, -0.2) is 14.9 Å². The van der Waals surface area contributed by atoms with E-state index in [9.17, 15) is 14.7 Å². The molecule has 0 radical (unpaired) electrons. The van der Waals surface area contributed by atoms with E-state index in [1.807, 2.05) is 47.0 Å². The summed E-state index contributed by atoms with van der Waals surface area (Å²) < 4.78 is 8.89. The van der Waals surface area contributed by atoms with Crippen LogP contribution in [0, 0.1) is 0 Å². The van der Waals surface area contributed by atoms with Gasteiger partial charge in [0, 0.05) is 36.0 Å². The monoisotopic (exact) mass is 651 g/mol. The van der Waals surface area contributed by atoms with Gasteiger partial charge >= 0.3 is 5.97 Å². The van der Waals surface area contributed by atoms with E-state index in [0.717, 1.165) is 39.4 Å². The van der Waals surface area contributed by atoms with Crippen molar-refractivity contribution in [2.45, 2.75) is 51.6 Å². The number of tetrazole rings is 1. The first kappa shape index (κ1) is 28.1. The first-order valence-electron chi connectivity index (χ1n) is 13.7. The maximum Gasteiger partial charge on any atom is 0.326 e. The first-order valence-corrected chi connectivity index (χ1v) is 14.9. The van der Waals surface area contributed by atoms with Gasteiger partial charge in [0.2, 0.25) is 0 Å². The predicted molar refractivity (Wildman–Crippen MR) is 159 cm³/mol. The highest BCUT2D eigenvalue weighted by Crippen LogP contribution is 2.41. The molecule has 11 nitrogen and oxygen atoms in total. The zero-order valence-electron chi connectivity index (χ0n) is 22.7. The number of carbonyl (C=O) groups excluding carboxylic acids is 1. The lowest BCUT2D eigenvalue weighted by atomic mass is 10.0. The van der Waals surface area contributed by atoms with E-state index < -0.39 is 17.9 Å². The number of fused-ring (bicyclic) bond motifs is 1. The SMILES string of the molecule is CCCCc1nc(Cl)c(C(=O)N2CCC[C@H]2C(=O)O)n1Cc1ccc2oc(-c3ccccc3-c3nnn[nH]3)c(Br)c2c1. The Bertz CT molecular complexity index is 1780. The summed E-state index contributed by atoms with van der Waals surface area (Å²) in [6.07, 6.45) is 3.50. The molecule has 6 rings (SSSR count). The number of carboxylic acids is 1. The van der Waals surface area contributed by atoms with Crippen molar-refractivity contribution >= 4 is 50.4 Å². The Morgan fingerprint density at radius 2 is 2.02 bits per heavy atom. The van der Waals surface area contributed by atoms with Gasteiger partial charge in [-0.3, -0.25) is 4.79 Å². The van der Waals surface area contributed by atoms with E-state index in [2.05, 4.69) is 48.5 Å². The first-order chi connectivity index (χ1) is 20.4. The summed E-state index contributed by atoms with van der Waals surface area (Å²) in [5.41, 5.74) is 3.41. The molecule has 1 fully saturated rings. The van der Waals surface area contributed by atoms with Gasteiger partial charge in [-0.1, -0.05) is 55.3 Å². The third kappa shape index (κ3) is 5.09. The fourth-order valence-electron chi connectivity index (χ4n) is 5.50. The number of aromatic nitrogens is 6. The number of furan rings is 1. The Morgan fingerprint density at radius 3 is 2.76 bits per heavy atom. The highest BCUT2D eigenvalue weighted by atomic mass is 79.9. The zero-order valence-corrected chi connectivity index (χ0v) is 25.0. The topological polar surface area (TPSA) is 143 Å². The number of hydrogen-bond acceptors (Lipinski definition) is 7. The molecule has 1 aliphatic heterocycles. The Hall–Kier alpha value is -4.03. The van der Waals surface area contributed by atoms with Gasteiger partial charge in [0.05, 0.1) is 4.47 Å². The number of carbonyl (C=O) groups is 2. The van der Waals surface area contributed by atoms with Crippen LogP contribution in [0.4, 0.5) is 0 Å². The van der Waals surface area contributed by atoms with Crippen molar-refractivity contribution < 1.29 is 19.1 Å². The average Bonchev–Trinajstić information content (AvgIpc) is 3.79. The molecule has 3 aromatic heterocycles. The smallest absolute Gasteiger partial charge is 0.326 e. The van der Waals surface area contributed by atoms with Crippen molar-refractivity contribution in [3.05, 3.63) is 69.2 Å². The number of hydrogen-bond donors (Lipinski definition) is 2. The van der Waals surface area contributed by atoms with E-state index >= 15 is 0 Å². The van der Waals surface area contributed by atoms with E-state index in [1.165, 1.54) is 4.90 Å². The molecule has 2 N–H and O–H groups in total. The quantitative estimate of drug-likeness (QED) is 0.198. The normalized spacial score (nSPS) is 15.1. The number of rotatable bonds is 9. The van der Waals surface area contributed by atoms with Crippen LogP contribution in [0.3, 0.4) is 0 Å². The number of likely N-dealkylation sites (tertiary alicyclic amines) is 1. The van der Waals surface area contributed by atoms with Crippen LogP contribution in [0.1, 0.15) is 54.5 Å². The Morgan fingerprint density at radius 1 is 1.21 bits per heavy atom. The highest BCUT2D eigenvalue weighted by Gasteiger charge is 2.37. The van der Waals surface area contributed by atoms with Crippen LogP contribution in [0.15, 0.2) is 51.4 Å². The molecule has 2 aromatic carbocycles. The number of aliphatic carboxylic acids is 1. The molecule has 0 bridgehead atoms. The lowest BCUT2D eigenvalue weighted by molar-refractivity contribution is -0.141. The number of benzene rings is 2. The summed E-state index contributed by atoms with van der Waals surface area (Å²) in [6.45, 7) is 2.78. The van der Waals surface area contributed by atoms with Crippen LogP contribution in [-0.4, -0.2) is 64.6 Å². The summed E-state index contributed by atoms with van der Waals surface area (Å²) in [6, 6.07) is 12.6. The van der Waals surface area contributed by atoms with Crippen molar-refractivity contribution in [2.75, 3.05) is 6.54 Å². The number of nitrogens with zero attached hydrogens (tertiary/aromatic N) is 6. The molecule has 0 spiro atoms. The lowest BCUT2D eigenvalue weighted by Gasteiger charge is -2.22. The van der Waals surface area contributed by atoms with Gasteiger partial charge in [0.1, 0.15) is 28.9 Å². The lowest BCUT2D eigenvalue weighted by Crippen LogP contribution is -2.41. The van der Waals surface area contributed by atoms with Crippen LogP contribution >= 0.6 is 27.5 Å². The minimum absolute atomic E-state index is 0.0912. The van der Waals surface area contributed by atoms with Crippen LogP contribution in [0.25, 0.3) is 33.7 Å². The van der Waals surface area contributed by atoms with Gasteiger partial charge in [0.15, 0.2) is 11.0 Å². The molecule has 1 aliphatic rings. The molecular formula is C29H27BrClN7O4. The molecule has 0 aliphatic carbocycles. The van der Waals surface area contributed by atoms with E-state index in [4.69, 9.17) is 16.0 Å². The number of halogens is 2. The van der Waals surface area contributed by atoms with Gasteiger partial charge < -0.3 is 19.0 Å². The van der Waals surface area contributed by atoms with Gasteiger partial charge in [-0.2, -0.15) is 0 Å². The van der Waals surface area contributed by atoms with Crippen molar-refractivity contribution in [1.82, 2.24) is 35.1 Å². The van der Waals surface area contributed by atoms with E-state index in [-0.39, 0.29) is 10.8 Å². The molecule has 1 amide bonds. The molecule has 0 saturated carbocycles. The largest absolute Gasteiger partial charge is 0.480 e. The number of H-pyrrole nitrogens is 1. The third-order valence-electron chi connectivity index (χ3n) is 7.56. The van der Waals surface area contributed by atoms with Crippen LogP contribution in [0.2, 0.25) is 5.15 Å². The van der Waals surface area contributed by atoms with E-state index in [1.54, 1.807) is 0 Å².